The highest BCUT2D eigenvalue weighted by Crippen LogP contribution is 2.50. The van der Waals surface area contributed by atoms with Gasteiger partial charge < -0.3 is 20.0 Å². The largest absolute Gasteiger partial charge is 0.389 e. The minimum atomic E-state index is -0.938. The van der Waals surface area contributed by atoms with Gasteiger partial charge >= 0.3 is 6.03 Å². The zero-order valence-electron chi connectivity index (χ0n) is 19.6. The first-order valence-electron chi connectivity index (χ1n) is 11.7. The average Bonchev–Trinajstić information content (AvgIpc) is 2.92. The van der Waals surface area contributed by atoms with Crippen LogP contribution in [-0.4, -0.2) is 81.4 Å². The van der Waals surface area contributed by atoms with Crippen LogP contribution < -0.4 is 0 Å². The zero-order valence-corrected chi connectivity index (χ0v) is 19.6. The number of urea groups is 1. The third-order valence-electron chi connectivity index (χ3n) is 8.05. The van der Waals surface area contributed by atoms with Crippen LogP contribution in [0, 0.1) is 0 Å². The van der Waals surface area contributed by atoms with E-state index in [1.807, 2.05) is 9.80 Å². The Hall–Kier alpha value is -1.63. The molecule has 1 heterocycles. The monoisotopic (exact) mass is 429 g/mol. The van der Waals surface area contributed by atoms with Gasteiger partial charge in [-0.15, -0.1) is 0 Å². The molecule has 6 heteroatoms. The molecule has 2 aliphatic carbocycles. The lowest BCUT2D eigenvalue weighted by Gasteiger charge is -2.52. The normalized spacial score (nSPS) is 30.9. The van der Waals surface area contributed by atoms with Crippen molar-refractivity contribution in [1.82, 2.24) is 14.7 Å². The van der Waals surface area contributed by atoms with E-state index >= 15 is 0 Å². The van der Waals surface area contributed by atoms with Gasteiger partial charge in [0.1, 0.15) is 0 Å². The van der Waals surface area contributed by atoms with E-state index in [9.17, 15) is 15.0 Å². The van der Waals surface area contributed by atoms with Crippen molar-refractivity contribution in [1.29, 1.82) is 0 Å². The first-order valence-corrected chi connectivity index (χ1v) is 11.7. The molecule has 3 fully saturated rings. The van der Waals surface area contributed by atoms with Crippen LogP contribution in [-0.2, 0) is 5.54 Å². The lowest BCUT2D eigenvalue weighted by molar-refractivity contribution is -0.0725. The van der Waals surface area contributed by atoms with Gasteiger partial charge in [0.25, 0.3) is 0 Å². The zero-order chi connectivity index (χ0) is 22.5. The fourth-order valence-corrected chi connectivity index (χ4v) is 6.04. The van der Waals surface area contributed by atoms with E-state index in [4.69, 9.17) is 0 Å². The maximum absolute atomic E-state index is 13.5. The van der Waals surface area contributed by atoms with Gasteiger partial charge in [0, 0.05) is 12.1 Å². The highest BCUT2D eigenvalue weighted by molar-refractivity contribution is 5.78. The molecule has 1 spiro atoms. The molecule has 2 amide bonds. The van der Waals surface area contributed by atoms with Crippen LogP contribution in [0.1, 0.15) is 64.4 Å². The molecule has 4 rings (SSSR count). The lowest BCUT2D eigenvalue weighted by Crippen LogP contribution is -2.59. The third kappa shape index (κ3) is 4.10. The average molecular weight is 430 g/mol. The molecular weight excluding hydrogens is 390 g/mol. The Labute approximate surface area is 186 Å². The van der Waals surface area contributed by atoms with Gasteiger partial charge in [-0.1, -0.05) is 30.3 Å². The maximum Gasteiger partial charge on any atom is 0.320 e. The second-order valence-corrected chi connectivity index (χ2v) is 11.1. The summed E-state index contributed by atoms with van der Waals surface area (Å²) in [5.41, 5.74) is -0.674. The molecule has 172 valence electrons. The topological polar surface area (TPSA) is 67.2 Å². The maximum atomic E-state index is 13.5. The van der Waals surface area contributed by atoms with Gasteiger partial charge in [-0.2, -0.15) is 0 Å². The fraction of sp³-hybridized carbons (Fsp3) is 0.720. The molecule has 2 saturated carbocycles. The summed E-state index contributed by atoms with van der Waals surface area (Å²) in [6.45, 7) is 4.86. The highest BCUT2D eigenvalue weighted by Gasteiger charge is 2.56. The Bertz CT molecular complexity index is 790. The predicted molar refractivity (Wildman–Crippen MR) is 122 cm³/mol. The Morgan fingerprint density at radius 3 is 2.13 bits per heavy atom. The number of rotatable bonds is 6. The summed E-state index contributed by atoms with van der Waals surface area (Å²) in [6, 6.07) is 10.7. The van der Waals surface area contributed by atoms with Crippen LogP contribution in [0.4, 0.5) is 4.79 Å². The quantitative estimate of drug-likeness (QED) is 0.729. The minimum Gasteiger partial charge on any atom is -0.389 e. The number of benzene rings is 1. The van der Waals surface area contributed by atoms with E-state index in [-0.39, 0.29) is 17.1 Å². The second-order valence-electron chi connectivity index (χ2n) is 11.1. The summed E-state index contributed by atoms with van der Waals surface area (Å²) in [6.07, 6.45) is 6.27. The Morgan fingerprint density at radius 2 is 1.65 bits per heavy atom. The number of hydrogen-bond donors (Lipinski definition) is 2. The first-order chi connectivity index (χ1) is 14.5. The number of hydrogen-bond acceptors (Lipinski definition) is 4. The highest BCUT2D eigenvalue weighted by atomic mass is 16.3. The van der Waals surface area contributed by atoms with E-state index in [1.165, 1.54) is 5.56 Å². The number of aliphatic hydroxyl groups is 2. The summed E-state index contributed by atoms with van der Waals surface area (Å²) in [5, 5.41) is 21.3. The van der Waals surface area contributed by atoms with Crippen molar-refractivity contribution < 1.29 is 15.0 Å². The molecule has 1 aromatic rings. The SMILES string of the molecule is CN(C)C1(c2ccccc2)CCC2(CC1)CN(CC(C)(C)O)C(=O)N2CC1(O)CCC1. The molecule has 31 heavy (non-hydrogen) atoms. The lowest BCUT2D eigenvalue weighted by atomic mass is 9.67. The molecule has 0 atom stereocenters. The second kappa shape index (κ2) is 7.75. The molecule has 0 unspecified atom stereocenters. The minimum absolute atomic E-state index is 0.0282. The summed E-state index contributed by atoms with van der Waals surface area (Å²) in [5.74, 6) is 0. The van der Waals surface area contributed by atoms with Crippen LogP contribution in [0.25, 0.3) is 0 Å². The van der Waals surface area contributed by atoms with Crippen LogP contribution in [0.3, 0.4) is 0 Å². The van der Waals surface area contributed by atoms with E-state index < -0.39 is 11.2 Å². The molecule has 0 radical (unpaired) electrons. The predicted octanol–water partition coefficient (Wildman–Crippen LogP) is 3.18. The molecule has 3 aliphatic rings. The molecule has 1 saturated heterocycles. The standard InChI is InChI=1S/C25H39N3O3/c1-22(2,30)17-27-18-23(28(21(27)29)19-24(31)11-8-12-24)13-15-25(16-14-23,26(3)4)20-9-6-5-7-10-20/h5-7,9-10,30-31H,8,11-19H2,1-4H3. The van der Waals surface area contributed by atoms with Gasteiger partial charge in [-0.3, -0.25) is 4.90 Å². The smallest absolute Gasteiger partial charge is 0.320 e. The summed E-state index contributed by atoms with van der Waals surface area (Å²) < 4.78 is 0. The molecular formula is C25H39N3O3. The number of carbonyl (C=O) groups is 1. The van der Waals surface area contributed by atoms with E-state index in [0.29, 0.717) is 19.6 Å². The van der Waals surface area contributed by atoms with Crippen molar-refractivity contribution in [3.05, 3.63) is 35.9 Å². The summed E-state index contributed by atoms with van der Waals surface area (Å²) >= 11 is 0. The van der Waals surface area contributed by atoms with Crippen LogP contribution in [0.5, 0.6) is 0 Å². The van der Waals surface area contributed by atoms with E-state index in [1.54, 1.807) is 13.8 Å². The van der Waals surface area contributed by atoms with Crippen LogP contribution >= 0.6 is 0 Å². The number of carbonyl (C=O) groups excluding carboxylic acids is 1. The summed E-state index contributed by atoms with van der Waals surface area (Å²) in [4.78, 5) is 19.6. The van der Waals surface area contributed by atoms with Gasteiger partial charge in [0.05, 0.1) is 29.8 Å². The van der Waals surface area contributed by atoms with Crippen LogP contribution in [0.2, 0.25) is 0 Å². The van der Waals surface area contributed by atoms with Crippen molar-refractivity contribution in [2.45, 2.75) is 81.1 Å². The van der Waals surface area contributed by atoms with Gasteiger partial charge in [-0.25, -0.2) is 4.79 Å². The van der Waals surface area contributed by atoms with Crippen molar-refractivity contribution in [3.8, 4) is 0 Å². The first kappa shape index (κ1) is 22.6. The van der Waals surface area contributed by atoms with Crippen LogP contribution in [0.15, 0.2) is 30.3 Å². The fourth-order valence-electron chi connectivity index (χ4n) is 6.04. The molecule has 1 aromatic carbocycles. The Balaban J connectivity index is 1.61. The number of nitrogens with zero attached hydrogens (tertiary/aromatic N) is 3. The number of β-amino-alcohol motifs (C(OH)–C–C–N with tert-alkyl or cyclic N) is 2. The summed E-state index contributed by atoms with van der Waals surface area (Å²) in [7, 11) is 4.31. The van der Waals surface area contributed by atoms with E-state index in [0.717, 1.165) is 44.9 Å². The Morgan fingerprint density at radius 1 is 1.03 bits per heavy atom. The van der Waals surface area contributed by atoms with Crippen molar-refractivity contribution in [2.75, 3.05) is 33.7 Å². The van der Waals surface area contributed by atoms with Crippen molar-refractivity contribution in [2.24, 2.45) is 0 Å². The van der Waals surface area contributed by atoms with Gasteiger partial charge in [0.2, 0.25) is 0 Å². The molecule has 0 aromatic heterocycles. The number of amides is 2. The third-order valence-corrected chi connectivity index (χ3v) is 8.05. The van der Waals surface area contributed by atoms with Gasteiger partial charge in [-0.05, 0) is 78.5 Å². The molecule has 0 bridgehead atoms. The molecule has 1 aliphatic heterocycles. The Kier molecular flexibility index (Phi) is 5.64. The molecule has 6 nitrogen and oxygen atoms in total. The van der Waals surface area contributed by atoms with Crippen molar-refractivity contribution in [3.63, 3.8) is 0 Å². The van der Waals surface area contributed by atoms with Crippen molar-refractivity contribution >= 4 is 6.03 Å². The van der Waals surface area contributed by atoms with E-state index in [2.05, 4.69) is 49.3 Å². The van der Waals surface area contributed by atoms with Gasteiger partial charge in [0.15, 0.2) is 0 Å². The molecule has 2 N–H and O–H groups in total.